The molecule has 1 aliphatic rings. The van der Waals surface area contributed by atoms with Crippen molar-refractivity contribution in [1.82, 2.24) is 4.90 Å². The summed E-state index contributed by atoms with van der Waals surface area (Å²) in [5.74, 6) is 1.03. The molecule has 1 fully saturated rings. The molecule has 0 atom stereocenters. The fourth-order valence-corrected chi connectivity index (χ4v) is 2.52. The Labute approximate surface area is 94.0 Å². The van der Waals surface area contributed by atoms with Gasteiger partial charge in [-0.2, -0.15) is 0 Å². The quantitative estimate of drug-likeness (QED) is 0.654. The van der Waals surface area contributed by atoms with Gasteiger partial charge in [-0.15, -0.1) is 0 Å². The molecule has 0 spiro atoms. The molecule has 15 heavy (non-hydrogen) atoms. The number of nitrogens with zero attached hydrogens (tertiary/aromatic N) is 1. The normalized spacial score (nSPS) is 18.5. The zero-order valence-corrected chi connectivity index (χ0v) is 10.3. The fraction of sp³-hybridized carbons (Fsp3) is 0.923. The van der Waals surface area contributed by atoms with Gasteiger partial charge in [-0.05, 0) is 32.6 Å². The van der Waals surface area contributed by atoms with Gasteiger partial charge in [0, 0.05) is 19.5 Å². The second kappa shape index (κ2) is 6.86. The SMILES string of the molecule is CCN(CC)C(=O)CC1CCCCCC1. The van der Waals surface area contributed by atoms with E-state index in [0.717, 1.165) is 19.5 Å². The third-order valence-electron chi connectivity index (χ3n) is 3.55. The standard InChI is InChI=1S/C13H25NO/c1-3-14(4-2)13(15)11-12-9-7-5-6-8-10-12/h12H,3-11H2,1-2H3. The van der Waals surface area contributed by atoms with Crippen molar-refractivity contribution in [1.29, 1.82) is 0 Å². The van der Waals surface area contributed by atoms with Gasteiger partial charge in [0.15, 0.2) is 0 Å². The van der Waals surface area contributed by atoms with E-state index in [4.69, 9.17) is 0 Å². The summed E-state index contributed by atoms with van der Waals surface area (Å²) < 4.78 is 0. The molecule has 1 saturated carbocycles. The van der Waals surface area contributed by atoms with Crippen molar-refractivity contribution in [2.75, 3.05) is 13.1 Å². The average molecular weight is 211 g/mol. The second-order valence-corrected chi connectivity index (χ2v) is 4.63. The van der Waals surface area contributed by atoms with E-state index in [0.29, 0.717) is 11.8 Å². The monoisotopic (exact) mass is 211 g/mol. The number of hydrogen-bond acceptors (Lipinski definition) is 1. The van der Waals surface area contributed by atoms with Gasteiger partial charge >= 0.3 is 0 Å². The lowest BCUT2D eigenvalue weighted by Gasteiger charge is -2.21. The Balaban J connectivity index is 2.34. The third-order valence-corrected chi connectivity index (χ3v) is 3.55. The molecule has 0 saturated heterocycles. The highest BCUT2D eigenvalue weighted by Crippen LogP contribution is 2.25. The molecule has 0 aliphatic heterocycles. The Morgan fingerprint density at radius 1 is 1.07 bits per heavy atom. The molecular formula is C13H25NO. The van der Waals surface area contributed by atoms with Crippen LogP contribution in [-0.2, 0) is 4.79 Å². The maximum absolute atomic E-state index is 11.9. The van der Waals surface area contributed by atoms with Crippen molar-refractivity contribution >= 4 is 5.91 Å². The number of rotatable bonds is 4. The van der Waals surface area contributed by atoms with E-state index in [1.807, 2.05) is 4.90 Å². The molecule has 0 aromatic heterocycles. The van der Waals surface area contributed by atoms with Crippen LogP contribution in [0, 0.1) is 5.92 Å². The molecule has 0 aromatic carbocycles. The first-order valence-electron chi connectivity index (χ1n) is 6.55. The summed E-state index contributed by atoms with van der Waals surface area (Å²) in [6, 6.07) is 0. The van der Waals surface area contributed by atoms with Gasteiger partial charge in [0.25, 0.3) is 0 Å². The molecule has 2 heteroatoms. The molecule has 1 rings (SSSR count). The molecular weight excluding hydrogens is 186 g/mol. The third kappa shape index (κ3) is 4.23. The maximum Gasteiger partial charge on any atom is 0.222 e. The Hall–Kier alpha value is -0.530. The van der Waals surface area contributed by atoms with Crippen molar-refractivity contribution < 1.29 is 4.79 Å². The number of carbonyl (C=O) groups excluding carboxylic acids is 1. The molecule has 2 nitrogen and oxygen atoms in total. The Bertz CT molecular complexity index is 179. The van der Waals surface area contributed by atoms with E-state index in [1.165, 1.54) is 38.5 Å². The molecule has 0 radical (unpaired) electrons. The summed E-state index contributed by atoms with van der Waals surface area (Å²) in [7, 11) is 0. The van der Waals surface area contributed by atoms with Crippen LogP contribution >= 0.6 is 0 Å². The van der Waals surface area contributed by atoms with Gasteiger partial charge in [-0.3, -0.25) is 4.79 Å². The Kier molecular flexibility index (Phi) is 5.74. The van der Waals surface area contributed by atoms with E-state index < -0.39 is 0 Å². The first-order valence-corrected chi connectivity index (χ1v) is 6.55. The molecule has 0 heterocycles. The van der Waals surface area contributed by atoms with E-state index in [2.05, 4.69) is 13.8 Å². The van der Waals surface area contributed by atoms with Crippen LogP contribution in [-0.4, -0.2) is 23.9 Å². The van der Waals surface area contributed by atoms with Crippen LogP contribution in [0.25, 0.3) is 0 Å². The summed E-state index contributed by atoms with van der Waals surface area (Å²) in [4.78, 5) is 13.9. The van der Waals surface area contributed by atoms with Crippen LogP contribution in [0.5, 0.6) is 0 Å². The minimum atomic E-state index is 0.367. The first-order chi connectivity index (χ1) is 7.27. The zero-order valence-electron chi connectivity index (χ0n) is 10.3. The average Bonchev–Trinajstić information content (AvgIpc) is 2.48. The number of amides is 1. The number of carbonyl (C=O) groups is 1. The summed E-state index contributed by atoms with van der Waals surface area (Å²) in [5, 5.41) is 0. The summed E-state index contributed by atoms with van der Waals surface area (Å²) in [5.41, 5.74) is 0. The summed E-state index contributed by atoms with van der Waals surface area (Å²) in [6.45, 7) is 5.85. The van der Waals surface area contributed by atoms with Crippen LogP contribution in [0.2, 0.25) is 0 Å². The largest absolute Gasteiger partial charge is 0.343 e. The van der Waals surface area contributed by atoms with Crippen molar-refractivity contribution in [3.05, 3.63) is 0 Å². The van der Waals surface area contributed by atoms with Crippen molar-refractivity contribution in [3.8, 4) is 0 Å². The topological polar surface area (TPSA) is 20.3 Å². The number of hydrogen-bond donors (Lipinski definition) is 0. The van der Waals surface area contributed by atoms with Gasteiger partial charge in [-0.1, -0.05) is 25.7 Å². The fourth-order valence-electron chi connectivity index (χ4n) is 2.52. The molecule has 1 amide bonds. The highest BCUT2D eigenvalue weighted by molar-refractivity contribution is 5.76. The van der Waals surface area contributed by atoms with Crippen LogP contribution in [0.3, 0.4) is 0 Å². The van der Waals surface area contributed by atoms with Crippen molar-refractivity contribution in [3.63, 3.8) is 0 Å². The van der Waals surface area contributed by atoms with Gasteiger partial charge in [-0.25, -0.2) is 0 Å². The van der Waals surface area contributed by atoms with Crippen LogP contribution in [0.4, 0.5) is 0 Å². The first kappa shape index (κ1) is 12.5. The highest BCUT2D eigenvalue weighted by atomic mass is 16.2. The van der Waals surface area contributed by atoms with E-state index in [1.54, 1.807) is 0 Å². The molecule has 0 unspecified atom stereocenters. The lowest BCUT2D eigenvalue weighted by Crippen LogP contribution is -2.31. The Morgan fingerprint density at radius 2 is 1.60 bits per heavy atom. The van der Waals surface area contributed by atoms with Crippen molar-refractivity contribution in [2.24, 2.45) is 5.92 Å². The zero-order chi connectivity index (χ0) is 11.1. The lowest BCUT2D eigenvalue weighted by molar-refractivity contribution is -0.131. The van der Waals surface area contributed by atoms with E-state index in [-0.39, 0.29) is 0 Å². The molecule has 88 valence electrons. The lowest BCUT2D eigenvalue weighted by atomic mass is 9.96. The predicted octanol–water partition coefficient (Wildman–Crippen LogP) is 3.22. The molecule has 1 aliphatic carbocycles. The van der Waals surface area contributed by atoms with Crippen LogP contribution in [0.1, 0.15) is 58.8 Å². The predicted molar refractivity (Wildman–Crippen MR) is 63.7 cm³/mol. The molecule has 0 N–H and O–H groups in total. The van der Waals surface area contributed by atoms with E-state index in [9.17, 15) is 4.79 Å². The smallest absolute Gasteiger partial charge is 0.222 e. The second-order valence-electron chi connectivity index (χ2n) is 4.63. The van der Waals surface area contributed by atoms with Gasteiger partial charge in [0.2, 0.25) is 5.91 Å². The van der Waals surface area contributed by atoms with Crippen molar-refractivity contribution in [2.45, 2.75) is 58.8 Å². The van der Waals surface area contributed by atoms with Crippen LogP contribution < -0.4 is 0 Å². The Morgan fingerprint density at radius 3 is 2.07 bits per heavy atom. The van der Waals surface area contributed by atoms with E-state index >= 15 is 0 Å². The maximum atomic E-state index is 11.9. The summed E-state index contributed by atoms with van der Waals surface area (Å²) in [6.07, 6.45) is 8.74. The van der Waals surface area contributed by atoms with Gasteiger partial charge in [0.05, 0.1) is 0 Å². The highest BCUT2D eigenvalue weighted by Gasteiger charge is 2.18. The van der Waals surface area contributed by atoms with Gasteiger partial charge < -0.3 is 4.90 Å². The summed E-state index contributed by atoms with van der Waals surface area (Å²) >= 11 is 0. The van der Waals surface area contributed by atoms with Gasteiger partial charge in [0.1, 0.15) is 0 Å². The minimum absolute atomic E-state index is 0.367. The molecule has 0 aromatic rings. The minimum Gasteiger partial charge on any atom is -0.343 e. The molecule has 0 bridgehead atoms. The van der Waals surface area contributed by atoms with Crippen LogP contribution in [0.15, 0.2) is 0 Å².